The van der Waals surface area contributed by atoms with Crippen molar-refractivity contribution in [3.63, 3.8) is 0 Å². The number of hydrogen-bond donors (Lipinski definition) is 0. The van der Waals surface area contributed by atoms with Gasteiger partial charge in [0.05, 0.1) is 12.8 Å². The van der Waals surface area contributed by atoms with E-state index in [0.29, 0.717) is 11.5 Å². The van der Waals surface area contributed by atoms with Crippen LogP contribution in [-0.4, -0.2) is 46.0 Å². The summed E-state index contributed by atoms with van der Waals surface area (Å²) in [5, 5.41) is 4.99. The highest BCUT2D eigenvalue weighted by atomic mass is 32.2. The Labute approximate surface area is 143 Å². The maximum Gasteiger partial charge on any atom is 0.244 e. The third-order valence-electron chi connectivity index (χ3n) is 3.67. The minimum absolute atomic E-state index is 0.144. The van der Waals surface area contributed by atoms with Gasteiger partial charge in [-0.25, -0.2) is 13.4 Å². The van der Waals surface area contributed by atoms with Gasteiger partial charge in [-0.05, 0) is 24.5 Å². The van der Waals surface area contributed by atoms with Crippen molar-refractivity contribution in [2.24, 2.45) is 7.05 Å². The van der Waals surface area contributed by atoms with Crippen molar-refractivity contribution < 1.29 is 13.2 Å². The Kier molecular flexibility index (Phi) is 4.28. The first-order chi connectivity index (χ1) is 11.3. The lowest BCUT2D eigenvalue weighted by molar-refractivity contribution is 0.402. The second kappa shape index (κ2) is 6.11. The van der Waals surface area contributed by atoms with E-state index in [1.807, 2.05) is 6.92 Å². The van der Waals surface area contributed by atoms with Gasteiger partial charge in [0.2, 0.25) is 15.9 Å². The van der Waals surface area contributed by atoms with Crippen molar-refractivity contribution in [3.05, 3.63) is 28.9 Å². The van der Waals surface area contributed by atoms with E-state index >= 15 is 0 Å². The molecule has 0 atom stereocenters. The van der Waals surface area contributed by atoms with E-state index in [4.69, 9.17) is 4.74 Å². The molecule has 0 amide bonds. The van der Waals surface area contributed by atoms with Gasteiger partial charge >= 0.3 is 0 Å². The van der Waals surface area contributed by atoms with Crippen LogP contribution in [0, 0.1) is 6.92 Å². The normalized spacial score (nSPS) is 12.2. The quantitative estimate of drug-likeness (QED) is 0.680. The fraction of sp³-hybridized carbons (Fsp3) is 0.357. The summed E-state index contributed by atoms with van der Waals surface area (Å²) < 4.78 is 37.6. The Balaban J connectivity index is 1.92. The highest BCUT2D eigenvalue weighted by Gasteiger charge is 2.23. The zero-order chi connectivity index (χ0) is 17.5. The van der Waals surface area contributed by atoms with Crippen LogP contribution in [0.3, 0.4) is 0 Å². The molecule has 0 saturated carbocycles. The first kappa shape index (κ1) is 16.8. The molecule has 10 heteroatoms. The number of sulfonamides is 1. The Morgan fingerprint density at radius 3 is 2.79 bits per heavy atom. The summed E-state index contributed by atoms with van der Waals surface area (Å²) in [5.41, 5.74) is 1.40. The van der Waals surface area contributed by atoms with Crippen LogP contribution in [0.1, 0.15) is 10.6 Å². The lowest BCUT2D eigenvalue weighted by Crippen LogP contribution is -2.26. The molecule has 0 radical (unpaired) electrons. The van der Waals surface area contributed by atoms with Gasteiger partial charge in [0.25, 0.3) is 0 Å². The number of ether oxygens (including phenoxy) is 1. The van der Waals surface area contributed by atoms with Gasteiger partial charge < -0.3 is 4.74 Å². The van der Waals surface area contributed by atoms with Crippen molar-refractivity contribution in [3.8, 4) is 5.88 Å². The zero-order valence-corrected chi connectivity index (χ0v) is 15.3. The van der Waals surface area contributed by atoms with E-state index in [-0.39, 0.29) is 11.4 Å². The van der Waals surface area contributed by atoms with Gasteiger partial charge in [-0.15, -0.1) is 0 Å². The zero-order valence-electron chi connectivity index (χ0n) is 13.7. The SMILES string of the molecule is COc1cc(CN(C)S(=O)(=O)c2cnc3c(c2)c(C)nn3C)sn1. The largest absolute Gasteiger partial charge is 0.480 e. The topological polar surface area (TPSA) is 90.2 Å². The third kappa shape index (κ3) is 2.87. The predicted molar refractivity (Wildman–Crippen MR) is 90.6 cm³/mol. The maximum absolute atomic E-state index is 12.8. The number of fused-ring (bicyclic) bond motifs is 1. The van der Waals surface area contributed by atoms with E-state index in [2.05, 4.69) is 14.5 Å². The molecule has 3 aromatic heterocycles. The van der Waals surface area contributed by atoms with Crippen LogP contribution >= 0.6 is 11.5 Å². The summed E-state index contributed by atoms with van der Waals surface area (Å²) in [6, 6.07) is 3.34. The molecule has 0 aliphatic carbocycles. The second-order valence-corrected chi connectivity index (χ2v) is 8.28. The van der Waals surface area contributed by atoms with Crippen molar-refractivity contribution in [2.45, 2.75) is 18.4 Å². The highest BCUT2D eigenvalue weighted by molar-refractivity contribution is 7.89. The van der Waals surface area contributed by atoms with Crippen molar-refractivity contribution in [1.82, 2.24) is 23.4 Å². The minimum Gasteiger partial charge on any atom is -0.480 e. The van der Waals surface area contributed by atoms with Crippen molar-refractivity contribution in [2.75, 3.05) is 14.2 Å². The molecule has 128 valence electrons. The summed E-state index contributed by atoms with van der Waals surface area (Å²) in [6.07, 6.45) is 1.36. The van der Waals surface area contributed by atoms with Crippen molar-refractivity contribution >= 4 is 32.6 Å². The van der Waals surface area contributed by atoms with E-state index < -0.39 is 10.0 Å². The summed E-state index contributed by atoms with van der Waals surface area (Å²) in [7, 11) is 1.17. The van der Waals surface area contributed by atoms with Gasteiger partial charge in [0.1, 0.15) is 4.90 Å². The van der Waals surface area contributed by atoms with E-state index in [1.165, 1.54) is 36.2 Å². The first-order valence-electron chi connectivity index (χ1n) is 7.08. The van der Waals surface area contributed by atoms with Gasteiger partial charge in [0, 0.05) is 43.2 Å². The van der Waals surface area contributed by atoms with E-state index in [0.717, 1.165) is 16.0 Å². The van der Waals surface area contributed by atoms with Crippen LogP contribution in [0.5, 0.6) is 5.88 Å². The molecular weight excluding hydrogens is 350 g/mol. The Bertz CT molecular complexity index is 993. The molecule has 3 rings (SSSR count). The lowest BCUT2D eigenvalue weighted by atomic mass is 10.3. The summed E-state index contributed by atoms with van der Waals surface area (Å²) >= 11 is 1.21. The molecule has 0 unspecified atom stereocenters. The number of aromatic nitrogens is 4. The maximum atomic E-state index is 12.8. The molecule has 0 saturated heterocycles. The molecule has 0 aliphatic heterocycles. The van der Waals surface area contributed by atoms with E-state index in [1.54, 1.807) is 23.9 Å². The monoisotopic (exact) mass is 367 g/mol. The summed E-state index contributed by atoms with van der Waals surface area (Å²) in [5.74, 6) is 0.481. The molecular formula is C14H17N5O3S2. The number of pyridine rings is 1. The number of rotatable bonds is 5. The van der Waals surface area contributed by atoms with Crippen LogP contribution in [0.2, 0.25) is 0 Å². The van der Waals surface area contributed by atoms with Crippen molar-refractivity contribution in [1.29, 1.82) is 0 Å². The first-order valence-corrected chi connectivity index (χ1v) is 9.29. The Morgan fingerprint density at radius 2 is 2.12 bits per heavy atom. The molecule has 3 heterocycles. The van der Waals surface area contributed by atoms with Gasteiger partial charge in [0.15, 0.2) is 5.65 Å². The molecule has 0 fully saturated rings. The predicted octanol–water partition coefficient (Wildman–Crippen LogP) is 1.56. The number of nitrogens with zero attached hydrogens (tertiary/aromatic N) is 5. The van der Waals surface area contributed by atoms with Gasteiger partial charge in [-0.3, -0.25) is 4.68 Å². The smallest absolute Gasteiger partial charge is 0.244 e. The highest BCUT2D eigenvalue weighted by Crippen LogP contribution is 2.24. The Morgan fingerprint density at radius 1 is 1.38 bits per heavy atom. The minimum atomic E-state index is -3.66. The second-order valence-electron chi connectivity index (χ2n) is 5.35. The summed E-state index contributed by atoms with van der Waals surface area (Å²) in [4.78, 5) is 5.18. The fourth-order valence-corrected chi connectivity index (χ4v) is 4.32. The average Bonchev–Trinajstić information content (AvgIpc) is 3.12. The van der Waals surface area contributed by atoms with Crippen LogP contribution in [0.4, 0.5) is 0 Å². The third-order valence-corrected chi connectivity index (χ3v) is 6.19. The summed E-state index contributed by atoms with van der Waals surface area (Å²) in [6.45, 7) is 2.04. The molecule has 0 aliphatic rings. The molecule has 0 bridgehead atoms. The number of methoxy groups -OCH3 is 1. The van der Waals surface area contributed by atoms with Crippen LogP contribution in [0.15, 0.2) is 23.2 Å². The molecule has 0 spiro atoms. The van der Waals surface area contributed by atoms with E-state index in [9.17, 15) is 8.42 Å². The van der Waals surface area contributed by atoms with Crippen LogP contribution in [0.25, 0.3) is 11.0 Å². The number of aryl methyl sites for hydroxylation is 2. The fourth-order valence-electron chi connectivity index (χ4n) is 2.38. The molecule has 8 nitrogen and oxygen atoms in total. The van der Waals surface area contributed by atoms with Gasteiger partial charge in [-0.1, -0.05) is 0 Å². The molecule has 0 N–H and O–H groups in total. The average molecular weight is 367 g/mol. The standard InChI is InChI=1S/C14H17N5O3S2/c1-9-12-6-11(7-15-14(12)19(3)16-9)24(20,21)18(2)8-10-5-13(22-4)17-23-10/h5-7H,8H2,1-4H3. The van der Waals surface area contributed by atoms with Crippen LogP contribution < -0.4 is 4.74 Å². The molecule has 24 heavy (non-hydrogen) atoms. The number of hydrogen-bond acceptors (Lipinski definition) is 7. The molecule has 0 aromatic carbocycles. The Hall–Kier alpha value is -2.04. The lowest BCUT2D eigenvalue weighted by Gasteiger charge is -2.15. The van der Waals surface area contributed by atoms with Gasteiger partial charge in [-0.2, -0.15) is 13.8 Å². The van der Waals surface area contributed by atoms with Crippen LogP contribution in [-0.2, 0) is 23.6 Å². The molecule has 3 aromatic rings.